The van der Waals surface area contributed by atoms with Gasteiger partial charge in [0.2, 0.25) is 0 Å². The van der Waals surface area contributed by atoms with Crippen LogP contribution in [0.1, 0.15) is 6.92 Å². The van der Waals surface area contributed by atoms with Gasteiger partial charge in [-0.2, -0.15) is 0 Å². The summed E-state index contributed by atoms with van der Waals surface area (Å²) in [4.78, 5) is 34.8. The lowest BCUT2D eigenvalue weighted by Crippen LogP contribution is -2.37. The molecule has 11 heteroatoms. The predicted octanol–water partition coefficient (Wildman–Crippen LogP) is -4.07. The van der Waals surface area contributed by atoms with Crippen molar-refractivity contribution in [1.82, 2.24) is 0 Å². The molecule has 0 radical (unpaired) electrons. The Kier molecular flexibility index (Phi) is 37.8. The van der Waals surface area contributed by atoms with E-state index in [0.29, 0.717) is 6.29 Å². The molecule has 0 heterocycles. The number of aliphatic hydroxyl groups excluding tert-OH is 7. The highest BCUT2D eigenvalue weighted by Crippen LogP contribution is 2.11. The van der Waals surface area contributed by atoms with Gasteiger partial charge < -0.3 is 54.9 Å². The van der Waals surface area contributed by atoms with Crippen molar-refractivity contribution in [3.8, 4) is 0 Å². The molecule has 0 atom stereocenters. The molecule has 25 heavy (non-hydrogen) atoms. The Labute approximate surface area is 146 Å². The lowest BCUT2D eigenvalue weighted by molar-refractivity contribution is -0.124. The van der Waals surface area contributed by atoms with Gasteiger partial charge >= 0.3 is 0 Å². The summed E-state index contributed by atoms with van der Waals surface area (Å²) in [5, 5.41) is 59.3. The van der Waals surface area contributed by atoms with E-state index in [0.717, 1.165) is 6.29 Å². The first-order valence-corrected chi connectivity index (χ1v) is 6.60. The zero-order chi connectivity index (χ0) is 21.4. The third-order valence-corrected chi connectivity index (χ3v) is 2.54. The van der Waals surface area contributed by atoms with Crippen molar-refractivity contribution in [3.63, 3.8) is 0 Å². The van der Waals surface area contributed by atoms with Crippen LogP contribution in [0.25, 0.3) is 0 Å². The van der Waals surface area contributed by atoms with Gasteiger partial charge in [0.05, 0.1) is 57.1 Å². The average Bonchev–Trinajstić information content (AvgIpc) is 2.71. The van der Waals surface area contributed by atoms with Crippen LogP contribution >= 0.6 is 0 Å². The summed E-state index contributed by atoms with van der Waals surface area (Å²) in [6.07, 6.45) is 1.10. The van der Waals surface area contributed by atoms with Crippen LogP contribution in [-0.4, -0.2) is 108 Å². The van der Waals surface area contributed by atoms with E-state index in [1.165, 1.54) is 6.92 Å². The maximum absolute atomic E-state index is 10.0. The Morgan fingerprint density at radius 1 is 0.640 bits per heavy atom. The fraction of sp³-hybridized carbons (Fsp3) is 0.714. The van der Waals surface area contributed by atoms with Crippen LogP contribution < -0.4 is 0 Å². The highest BCUT2D eigenvalue weighted by Gasteiger charge is 2.27. The van der Waals surface area contributed by atoms with E-state index in [2.05, 4.69) is 0 Å². The van der Waals surface area contributed by atoms with E-state index in [4.69, 9.17) is 50.1 Å². The van der Waals surface area contributed by atoms with Gasteiger partial charge in [-0.05, 0) is 6.92 Å². The molecule has 0 saturated carbocycles. The third-order valence-electron chi connectivity index (χ3n) is 2.54. The molecular formula is C14H30O11. The van der Waals surface area contributed by atoms with Crippen LogP contribution in [0.15, 0.2) is 0 Å². The van der Waals surface area contributed by atoms with Crippen molar-refractivity contribution < 1.29 is 54.9 Å². The maximum atomic E-state index is 10.0. The SMILES string of the molecule is C=O.C=O.CC=O.O=CC(CO)(CO)CO.OCC(CO)(CO)CO. The number of carbonyl (C=O) groups is 4. The summed E-state index contributed by atoms with van der Waals surface area (Å²) in [5.74, 6) is 0. The van der Waals surface area contributed by atoms with Crippen molar-refractivity contribution in [3.05, 3.63) is 0 Å². The summed E-state index contributed by atoms with van der Waals surface area (Å²) in [6, 6.07) is 0. The number of carbonyl (C=O) groups excluding carboxylic acids is 4. The van der Waals surface area contributed by atoms with Gasteiger partial charge in [0.25, 0.3) is 0 Å². The molecule has 0 bridgehead atoms. The fourth-order valence-electron chi connectivity index (χ4n) is 0.562. The van der Waals surface area contributed by atoms with Crippen molar-refractivity contribution in [2.45, 2.75) is 6.92 Å². The number of hydrogen-bond donors (Lipinski definition) is 7. The molecule has 0 saturated heterocycles. The summed E-state index contributed by atoms with van der Waals surface area (Å²) in [6.45, 7) is 2.25. The topological polar surface area (TPSA) is 210 Å². The van der Waals surface area contributed by atoms with Gasteiger partial charge in [0.15, 0.2) is 0 Å². The first-order valence-electron chi connectivity index (χ1n) is 6.60. The van der Waals surface area contributed by atoms with Gasteiger partial charge in [-0.15, -0.1) is 0 Å². The molecule has 0 aromatic heterocycles. The highest BCUT2D eigenvalue weighted by atomic mass is 16.3. The quantitative estimate of drug-likeness (QED) is 0.203. The summed E-state index contributed by atoms with van der Waals surface area (Å²) in [5.41, 5.74) is -2.46. The number of hydrogen-bond acceptors (Lipinski definition) is 11. The normalized spacial score (nSPS) is 9.28. The zero-order valence-electron chi connectivity index (χ0n) is 14.3. The molecular weight excluding hydrogens is 344 g/mol. The van der Waals surface area contributed by atoms with Crippen LogP contribution in [-0.2, 0) is 19.2 Å². The molecule has 0 aliphatic carbocycles. The molecule has 0 aliphatic rings. The third kappa shape index (κ3) is 18.6. The lowest BCUT2D eigenvalue weighted by Gasteiger charge is -2.23. The molecule has 11 nitrogen and oxygen atoms in total. The number of aldehydes is 2. The van der Waals surface area contributed by atoms with Crippen LogP contribution in [0, 0.1) is 10.8 Å². The molecule has 0 rings (SSSR count). The summed E-state index contributed by atoms with van der Waals surface area (Å²) >= 11 is 0. The van der Waals surface area contributed by atoms with E-state index in [1.807, 2.05) is 13.6 Å². The number of rotatable bonds is 8. The second-order valence-corrected chi connectivity index (χ2v) is 4.32. The predicted molar refractivity (Wildman–Crippen MR) is 86.5 cm³/mol. The smallest absolute Gasteiger partial charge is 0.133 e. The molecule has 7 N–H and O–H groups in total. The Morgan fingerprint density at radius 3 is 0.840 bits per heavy atom. The van der Waals surface area contributed by atoms with Gasteiger partial charge in [0, 0.05) is 0 Å². The molecule has 0 spiro atoms. The second-order valence-electron chi connectivity index (χ2n) is 4.32. The van der Waals surface area contributed by atoms with E-state index in [1.54, 1.807) is 0 Å². The van der Waals surface area contributed by atoms with Crippen LogP contribution in [0.5, 0.6) is 0 Å². The first-order chi connectivity index (χ1) is 11.9. The minimum Gasteiger partial charge on any atom is -0.396 e. The Bertz CT molecular complexity index is 238. The monoisotopic (exact) mass is 374 g/mol. The van der Waals surface area contributed by atoms with Crippen LogP contribution in [0.2, 0.25) is 0 Å². The van der Waals surface area contributed by atoms with Crippen molar-refractivity contribution in [2.75, 3.05) is 46.2 Å². The lowest BCUT2D eigenvalue weighted by atomic mass is 9.93. The van der Waals surface area contributed by atoms with E-state index < -0.39 is 57.1 Å². The largest absolute Gasteiger partial charge is 0.396 e. The summed E-state index contributed by atoms with van der Waals surface area (Å²) in [7, 11) is 0. The van der Waals surface area contributed by atoms with Crippen LogP contribution in [0.4, 0.5) is 0 Å². The zero-order valence-corrected chi connectivity index (χ0v) is 14.3. The van der Waals surface area contributed by atoms with Crippen LogP contribution in [0.3, 0.4) is 0 Å². The molecule has 152 valence electrons. The Hall–Kier alpha value is -1.60. The second kappa shape index (κ2) is 27.3. The Morgan fingerprint density at radius 2 is 0.840 bits per heavy atom. The van der Waals surface area contributed by atoms with E-state index in [9.17, 15) is 4.79 Å². The van der Waals surface area contributed by atoms with Gasteiger partial charge in [-0.1, -0.05) is 0 Å². The molecule has 0 unspecified atom stereocenters. The van der Waals surface area contributed by atoms with Crippen molar-refractivity contribution in [2.24, 2.45) is 10.8 Å². The molecule has 0 fully saturated rings. The van der Waals surface area contributed by atoms with Gasteiger partial charge in [-0.25, -0.2) is 0 Å². The molecule has 0 amide bonds. The standard InChI is InChI=1S/C5H12O4.C5H10O4.C2H4O.2CH2O/c2*6-1-5(2-7,3-8)4-9;1-2-3;2*1-2/h6-9H,1-4H2;1,7-9H,2-4H2;2H,1H3;2*1H2. The number of aliphatic hydroxyl groups is 7. The molecule has 0 aliphatic heterocycles. The highest BCUT2D eigenvalue weighted by molar-refractivity contribution is 5.59. The van der Waals surface area contributed by atoms with Crippen molar-refractivity contribution in [1.29, 1.82) is 0 Å². The molecule has 0 aromatic carbocycles. The minimum atomic E-state index is -1.35. The van der Waals surface area contributed by atoms with Crippen molar-refractivity contribution >= 4 is 26.2 Å². The fourth-order valence-corrected chi connectivity index (χ4v) is 0.562. The summed E-state index contributed by atoms with van der Waals surface area (Å²) < 4.78 is 0. The van der Waals surface area contributed by atoms with Gasteiger partial charge in [0.1, 0.15) is 26.2 Å². The average molecular weight is 374 g/mol. The minimum absolute atomic E-state index is 0.354. The van der Waals surface area contributed by atoms with E-state index in [-0.39, 0.29) is 0 Å². The Balaban J connectivity index is -0.0000000785. The first kappa shape index (κ1) is 34.7. The van der Waals surface area contributed by atoms with E-state index >= 15 is 0 Å². The maximum Gasteiger partial charge on any atom is 0.133 e. The van der Waals surface area contributed by atoms with Gasteiger partial charge in [-0.3, -0.25) is 0 Å². The molecule has 0 aromatic rings.